The SMILES string of the molecule is CCc1ccc(C(C)NC(=O)/C(C#N)=C\N2CCN(c3ccccn3)CC2)cc1. The van der Waals surface area contributed by atoms with Crippen LogP contribution in [0, 0.1) is 11.3 Å². The van der Waals surface area contributed by atoms with E-state index in [1.54, 1.807) is 12.4 Å². The number of amides is 1. The van der Waals surface area contributed by atoms with Crippen molar-refractivity contribution in [2.45, 2.75) is 26.3 Å². The highest BCUT2D eigenvalue weighted by Gasteiger charge is 2.19. The quantitative estimate of drug-likeness (QED) is 0.607. The van der Waals surface area contributed by atoms with Gasteiger partial charge in [0.15, 0.2) is 0 Å². The fourth-order valence-electron chi connectivity index (χ4n) is 3.34. The Bertz CT molecular complexity index is 878. The van der Waals surface area contributed by atoms with E-state index >= 15 is 0 Å². The molecule has 0 aliphatic carbocycles. The Morgan fingerprint density at radius 2 is 1.93 bits per heavy atom. The number of pyridine rings is 1. The van der Waals surface area contributed by atoms with Crippen molar-refractivity contribution in [3.63, 3.8) is 0 Å². The van der Waals surface area contributed by atoms with Crippen molar-refractivity contribution in [2.75, 3.05) is 31.1 Å². The first-order valence-electron chi connectivity index (χ1n) is 10.0. The van der Waals surface area contributed by atoms with Gasteiger partial charge in [-0.1, -0.05) is 37.3 Å². The average Bonchev–Trinajstić information content (AvgIpc) is 2.78. The third-order valence-electron chi connectivity index (χ3n) is 5.20. The molecule has 0 spiro atoms. The highest BCUT2D eigenvalue weighted by Crippen LogP contribution is 2.16. The van der Waals surface area contributed by atoms with Gasteiger partial charge in [0.2, 0.25) is 0 Å². The molecule has 1 unspecified atom stereocenters. The first-order chi connectivity index (χ1) is 14.1. The molecule has 1 aliphatic rings. The van der Waals surface area contributed by atoms with Crippen LogP contribution in [0.1, 0.15) is 31.0 Å². The van der Waals surface area contributed by atoms with Crippen LogP contribution in [0.15, 0.2) is 60.4 Å². The lowest BCUT2D eigenvalue weighted by molar-refractivity contribution is -0.117. The van der Waals surface area contributed by atoms with E-state index in [0.29, 0.717) is 0 Å². The summed E-state index contributed by atoms with van der Waals surface area (Å²) in [4.78, 5) is 21.2. The topological polar surface area (TPSA) is 72.3 Å². The maximum absolute atomic E-state index is 12.6. The van der Waals surface area contributed by atoms with E-state index in [2.05, 4.69) is 34.3 Å². The van der Waals surface area contributed by atoms with Crippen molar-refractivity contribution >= 4 is 11.7 Å². The monoisotopic (exact) mass is 389 g/mol. The van der Waals surface area contributed by atoms with Gasteiger partial charge >= 0.3 is 0 Å². The number of carbonyl (C=O) groups is 1. The normalized spacial score (nSPS) is 15.6. The van der Waals surface area contributed by atoms with Gasteiger partial charge in [0.05, 0.1) is 6.04 Å². The molecule has 1 saturated heterocycles. The number of hydrogen-bond donors (Lipinski definition) is 1. The average molecular weight is 390 g/mol. The van der Waals surface area contributed by atoms with Gasteiger partial charge in [-0.2, -0.15) is 5.26 Å². The number of rotatable bonds is 6. The van der Waals surface area contributed by atoms with Crippen LogP contribution in [0.4, 0.5) is 5.82 Å². The van der Waals surface area contributed by atoms with Gasteiger partial charge in [0, 0.05) is 38.6 Å². The minimum atomic E-state index is -0.341. The summed E-state index contributed by atoms with van der Waals surface area (Å²) in [7, 11) is 0. The zero-order chi connectivity index (χ0) is 20.6. The van der Waals surface area contributed by atoms with E-state index in [4.69, 9.17) is 0 Å². The van der Waals surface area contributed by atoms with E-state index < -0.39 is 0 Å². The maximum atomic E-state index is 12.6. The minimum Gasteiger partial charge on any atom is -0.373 e. The third kappa shape index (κ3) is 5.35. The number of nitriles is 1. The van der Waals surface area contributed by atoms with Gasteiger partial charge in [-0.25, -0.2) is 4.98 Å². The second-order valence-electron chi connectivity index (χ2n) is 7.16. The minimum absolute atomic E-state index is 0.133. The van der Waals surface area contributed by atoms with Crippen LogP contribution in [-0.2, 0) is 11.2 Å². The molecule has 0 bridgehead atoms. The van der Waals surface area contributed by atoms with Gasteiger partial charge in [0.25, 0.3) is 5.91 Å². The predicted molar refractivity (Wildman–Crippen MR) is 114 cm³/mol. The zero-order valence-corrected chi connectivity index (χ0v) is 17.0. The van der Waals surface area contributed by atoms with Gasteiger partial charge in [-0.15, -0.1) is 0 Å². The summed E-state index contributed by atoms with van der Waals surface area (Å²) in [5, 5.41) is 12.4. The number of hydrogen-bond acceptors (Lipinski definition) is 5. The summed E-state index contributed by atoms with van der Waals surface area (Å²) in [6.07, 6.45) is 4.45. The number of anilines is 1. The van der Waals surface area contributed by atoms with E-state index in [-0.39, 0.29) is 17.5 Å². The molecule has 150 valence electrons. The molecule has 1 fully saturated rings. The van der Waals surface area contributed by atoms with E-state index in [9.17, 15) is 10.1 Å². The number of piperazine rings is 1. The van der Waals surface area contributed by atoms with Crippen molar-refractivity contribution < 1.29 is 4.79 Å². The number of nitrogens with zero attached hydrogens (tertiary/aromatic N) is 4. The fraction of sp³-hybridized carbons (Fsp3) is 0.348. The summed E-state index contributed by atoms with van der Waals surface area (Å²) < 4.78 is 0. The molecule has 6 heteroatoms. The molecule has 1 N–H and O–H groups in total. The smallest absolute Gasteiger partial charge is 0.263 e. The Morgan fingerprint density at radius 1 is 1.21 bits per heavy atom. The van der Waals surface area contributed by atoms with Gasteiger partial charge in [-0.3, -0.25) is 4.79 Å². The molecule has 2 aromatic rings. The molecular weight excluding hydrogens is 362 g/mol. The lowest BCUT2D eigenvalue weighted by Crippen LogP contribution is -2.44. The molecular formula is C23H27N5O. The number of carbonyl (C=O) groups excluding carboxylic acids is 1. The highest BCUT2D eigenvalue weighted by molar-refractivity contribution is 5.97. The van der Waals surface area contributed by atoms with Crippen LogP contribution in [0.25, 0.3) is 0 Å². The van der Waals surface area contributed by atoms with Crippen LogP contribution in [0.5, 0.6) is 0 Å². The molecule has 1 aromatic carbocycles. The van der Waals surface area contributed by atoms with E-state index in [0.717, 1.165) is 44.0 Å². The second kappa shape index (κ2) is 9.74. The molecule has 29 heavy (non-hydrogen) atoms. The lowest BCUT2D eigenvalue weighted by Gasteiger charge is -2.34. The lowest BCUT2D eigenvalue weighted by atomic mass is 10.0. The molecule has 1 aromatic heterocycles. The summed E-state index contributed by atoms with van der Waals surface area (Å²) in [6.45, 7) is 7.12. The number of benzene rings is 1. The summed E-state index contributed by atoms with van der Waals surface area (Å²) in [5.41, 5.74) is 2.42. The summed E-state index contributed by atoms with van der Waals surface area (Å²) >= 11 is 0. The van der Waals surface area contributed by atoms with Gasteiger partial charge in [-0.05, 0) is 36.6 Å². The van der Waals surface area contributed by atoms with E-state index in [1.165, 1.54) is 5.56 Å². The standard InChI is InChI=1S/C23H27N5O/c1-3-19-7-9-20(10-8-19)18(2)26-23(29)21(16-24)17-27-12-14-28(15-13-27)22-6-4-5-11-25-22/h4-11,17-18H,3,12-15H2,1-2H3,(H,26,29)/b21-17-. The number of aryl methyl sites for hydroxylation is 1. The number of aromatic nitrogens is 1. The van der Waals surface area contributed by atoms with Crippen molar-refractivity contribution in [3.8, 4) is 6.07 Å². The van der Waals surface area contributed by atoms with Crippen LogP contribution in [0.2, 0.25) is 0 Å². The predicted octanol–water partition coefficient (Wildman–Crippen LogP) is 3.05. The Kier molecular flexibility index (Phi) is 6.85. The third-order valence-corrected chi connectivity index (χ3v) is 5.20. The van der Waals surface area contributed by atoms with Gasteiger partial charge in [0.1, 0.15) is 17.5 Å². The molecule has 6 nitrogen and oxygen atoms in total. The Balaban J connectivity index is 1.57. The van der Waals surface area contributed by atoms with Crippen molar-refractivity contribution in [2.24, 2.45) is 0 Å². The largest absolute Gasteiger partial charge is 0.373 e. The Labute approximate surface area is 172 Å². The Hall–Kier alpha value is -3.33. The van der Waals surface area contributed by atoms with Crippen molar-refractivity contribution in [3.05, 3.63) is 71.6 Å². The molecule has 2 heterocycles. The Morgan fingerprint density at radius 3 is 2.52 bits per heavy atom. The van der Waals surface area contributed by atoms with Crippen LogP contribution in [-0.4, -0.2) is 42.0 Å². The molecule has 0 saturated carbocycles. The van der Waals surface area contributed by atoms with Crippen LogP contribution < -0.4 is 10.2 Å². The van der Waals surface area contributed by atoms with Gasteiger partial charge < -0.3 is 15.1 Å². The van der Waals surface area contributed by atoms with Crippen molar-refractivity contribution in [1.82, 2.24) is 15.2 Å². The molecule has 1 atom stereocenters. The maximum Gasteiger partial charge on any atom is 0.263 e. The molecule has 1 amide bonds. The first kappa shape index (κ1) is 20.4. The van der Waals surface area contributed by atoms with E-state index in [1.807, 2.05) is 48.2 Å². The summed E-state index contributed by atoms with van der Waals surface area (Å²) in [5.74, 6) is 0.615. The first-order valence-corrected chi connectivity index (χ1v) is 10.0. The summed E-state index contributed by atoms with van der Waals surface area (Å²) in [6, 6.07) is 15.9. The molecule has 1 aliphatic heterocycles. The van der Waals surface area contributed by atoms with Crippen LogP contribution in [0.3, 0.4) is 0 Å². The van der Waals surface area contributed by atoms with Crippen molar-refractivity contribution in [1.29, 1.82) is 5.26 Å². The van der Waals surface area contributed by atoms with Crippen LogP contribution >= 0.6 is 0 Å². The molecule has 0 radical (unpaired) electrons. The molecule has 3 rings (SSSR count). The fourth-order valence-corrected chi connectivity index (χ4v) is 3.34. The second-order valence-corrected chi connectivity index (χ2v) is 7.16. The highest BCUT2D eigenvalue weighted by atomic mass is 16.1. The zero-order valence-electron chi connectivity index (χ0n) is 17.0. The number of nitrogens with one attached hydrogen (secondary N) is 1.